The summed E-state index contributed by atoms with van der Waals surface area (Å²) in [7, 11) is 2.11. The van der Waals surface area contributed by atoms with Crippen molar-refractivity contribution in [2.45, 2.75) is 45.7 Å². The zero-order valence-corrected chi connectivity index (χ0v) is 15.7. The van der Waals surface area contributed by atoms with Gasteiger partial charge in [0, 0.05) is 11.4 Å². The van der Waals surface area contributed by atoms with E-state index in [2.05, 4.69) is 48.1 Å². The molecule has 0 amide bonds. The molecule has 2 aromatic heterocycles. The van der Waals surface area contributed by atoms with Gasteiger partial charge >= 0.3 is 0 Å². The van der Waals surface area contributed by atoms with Crippen LogP contribution >= 0.6 is 11.3 Å². The number of nitrogen functional groups attached to an aromatic ring is 1. The Morgan fingerprint density at radius 3 is 2.76 bits per heavy atom. The molecule has 3 aromatic rings. The summed E-state index contributed by atoms with van der Waals surface area (Å²) in [5.41, 5.74) is 10.4. The average Bonchev–Trinajstić information content (AvgIpc) is 2.95. The minimum Gasteiger partial charge on any atom is -0.383 e. The zero-order chi connectivity index (χ0) is 17.4. The van der Waals surface area contributed by atoms with E-state index in [4.69, 9.17) is 10.7 Å². The highest BCUT2D eigenvalue weighted by atomic mass is 32.1. The van der Waals surface area contributed by atoms with Crippen LogP contribution in [-0.4, -0.2) is 21.9 Å². The first-order valence-corrected chi connectivity index (χ1v) is 9.73. The molecule has 0 unspecified atom stereocenters. The lowest BCUT2D eigenvalue weighted by Gasteiger charge is -2.17. The van der Waals surface area contributed by atoms with E-state index in [1.54, 1.807) is 0 Å². The van der Waals surface area contributed by atoms with E-state index in [-0.39, 0.29) is 0 Å². The number of hydrogen-bond acceptors (Lipinski definition) is 5. The number of rotatable bonds is 4. The summed E-state index contributed by atoms with van der Waals surface area (Å²) >= 11 is 1.81. The second-order valence-corrected chi connectivity index (χ2v) is 8.10. The first kappa shape index (κ1) is 16.5. The van der Waals surface area contributed by atoms with Crippen LogP contribution in [0.25, 0.3) is 10.2 Å². The molecule has 0 bridgehead atoms. The van der Waals surface area contributed by atoms with E-state index in [0.29, 0.717) is 12.4 Å². The third-order valence-corrected chi connectivity index (χ3v) is 6.19. The Kier molecular flexibility index (Phi) is 4.44. The van der Waals surface area contributed by atoms with Crippen LogP contribution in [-0.2, 0) is 25.9 Å². The summed E-state index contributed by atoms with van der Waals surface area (Å²) < 4.78 is 0. The second-order valence-electron chi connectivity index (χ2n) is 7.01. The monoisotopic (exact) mass is 352 g/mol. The minimum atomic E-state index is 0.656. The lowest BCUT2D eigenvalue weighted by atomic mass is 9.97. The molecule has 130 valence electrons. The third kappa shape index (κ3) is 3.26. The molecule has 0 radical (unpaired) electrons. The Balaban J connectivity index is 1.58. The summed E-state index contributed by atoms with van der Waals surface area (Å²) in [5, 5.41) is 1.12. The van der Waals surface area contributed by atoms with Gasteiger partial charge < -0.3 is 5.73 Å². The van der Waals surface area contributed by atoms with Crippen LogP contribution in [0.15, 0.2) is 24.3 Å². The number of fused-ring (bicyclic) bond motifs is 3. The largest absolute Gasteiger partial charge is 0.383 e. The van der Waals surface area contributed by atoms with E-state index >= 15 is 0 Å². The van der Waals surface area contributed by atoms with Crippen LogP contribution < -0.4 is 5.73 Å². The zero-order valence-electron chi connectivity index (χ0n) is 14.9. The molecule has 25 heavy (non-hydrogen) atoms. The SMILES string of the molecule is Cc1ccccc1CN(C)Cc1nc(N)c2c3c(sc2n1)CCCC3. The molecule has 2 heterocycles. The van der Waals surface area contributed by atoms with Gasteiger partial charge in [0.1, 0.15) is 16.5 Å². The van der Waals surface area contributed by atoms with Crippen LogP contribution in [0, 0.1) is 6.92 Å². The molecule has 0 saturated carbocycles. The van der Waals surface area contributed by atoms with Gasteiger partial charge in [-0.2, -0.15) is 0 Å². The van der Waals surface area contributed by atoms with Crippen molar-refractivity contribution in [2.75, 3.05) is 12.8 Å². The number of benzene rings is 1. The fraction of sp³-hybridized carbons (Fsp3) is 0.400. The molecule has 1 aliphatic carbocycles. The van der Waals surface area contributed by atoms with Gasteiger partial charge in [-0.3, -0.25) is 4.90 Å². The molecule has 2 N–H and O–H groups in total. The molecule has 0 fully saturated rings. The summed E-state index contributed by atoms with van der Waals surface area (Å²) in [6.45, 7) is 3.74. The third-order valence-electron chi connectivity index (χ3n) is 5.00. The fourth-order valence-electron chi connectivity index (χ4n) is 3.68. The lowest BCUT2D eigenvalue weighted by Crippen LogP contribution is -2.19. The number of aromatic nitrogens is 2. The first-order chi connectivity index (χ1) is 12.1. The van der Waals surface area contributed by atoms with Crippen molar-refractivity contribution < 1.29 is 0 Å². The topological polar surface area (TPSA) is 55.0 Å². The molecule has 1 aliphatic rings. The molecular weight excluding hydrogens is 328 g/mol. The van der Waals surface area contributed by atoms with E-state index in [0.717, 1.165) is 29.0 Å². The minimum absolute atomic E-state index is 0.656. The summed E-state index contributed by atoms with van der Waals surface area (Å²) in [6.07, 6.45) is 4.81. The van der Waals surface area contributed by atoms with Gasteiger partial charge in [0.15, 0.2) is 0 Å². The predicted molar refractivity (Wildman–Crippen MR) is 105 cm³/mol. The van der Waals surface area contributed by atoms with E-state index in [1.807, 2.05) is 11.3 Å². The normalized spacial score (nSPS) is 14.2. The molecule has 5 heteroatoms. The van der Waals surface area contributed by atoms with Crippen LogP contribution in [0.2, 0.25) is 0 Å². The first-order valence-electron chi connectivity index (χ1n) is 8.91. The predicted octanol–water partition coefficient (Wildman–Crippen LogP) is 4.09. The molecule has 0 spiro atoms. The van der Waals surface area contributed by atoms with Gasteiger partial charge in [-0.25, -0.2) is 9.97 Å². The van der Waals surface area contributed by atoms with Crippen LogP contribution in [0.5, 0.6) is 0 Å². The molecule has 0 saturated heterocycles. The standard InChI is InChI=1S/C20H24N4S/c1-13-7-3-4-8-14(13)11-24(2)12-17-22-19(21)18-15-9-5-6-10-16(15)25-20(18)23-17/h3-4,7-8H,5-6,9-12H2,1-2H3,(H2,21,22,23). The van der Waals surface area contributed by atoms with Gasteiger partial charge in [0.25, 0.3) is 0 Å². The van der Waals surface area contributed by atoms with Gasteiger partial charge in [0.2, 0.25) is 0 Å². The van der Waals surface area contributed by atoms with E-state index in [9.17, 15) is 0 Å². The van der Waals surface area contributed by atoms with Crippen molar-refractivity contribution in [3.05, 3.63) is 51.7 Å². The number of anilines is 1. The maximum absolute atomic E-state index is 6.31. The van der Waals surface area contributed by atoms with E-state index < -0.39 is 0 Å². The smallest absolute Gasteiger partial charge is 0.146 e. The van der Waals surface area contributed by atoms with Crippen molar-refractivity contribution in [1.82, 2.24) is 14.9 Å². The Hall–Kier alpha value is -1.98. The second kappa shape index (κ2) is 6.73. The number of aryl methyl sites for hydroxylation is 3. The summed E-state index contributed by atoms with van der Waals surface area (Å²) in [5.74, 6) is 1.48. The van der Waals surface area contributed by atoms with Gasteiger partial charge in [-0.05, 0) is 56.3 Å². The average molecular weight is 353 g/mol. The van der Waals surface area contributed by atoms with Gasteiger partial charge in [-0.1, -0.05) is 24.3 Å². The molecule has 4 nitrogen and oxygen atoms in total. The lowest BCUT2D eigenvalue weighted by molar-refractivity contribution is 0.310. The highest BCUT2D eigenvalue weighted by Crippen LogP contribution is 2.37. The summed E-state index contributed by atoms with van der Waals surface area (Å²) in [4.78, 5) is 14.2. The Morgan fingerprint density at radius 1 is 1.12 bits per heavy atom. The maximum Gasteiger partial charge on any atom is 0.146 e. The van der Waals surface area contributed by atoms with Gasteiger partial charge in [-0.15, -0.1) is 11.3 Å². The molecule has 0 aliphatic heterocycles. The van der Waals surface area contributed by atoms with Crippen LogP contribution in [0.4, 0.5) is 5.82 Å². The highest BCUT2D eigenvalue weighted by Gasteiger charge is 2.20. The maximum atomic E-state index is 6.31. The Bertz CT molecular complexity index is 915. The van der Waals surface area contributed by atoms with Crippen molar-refractivity contribution >= 4 is 27.4 Å². The van der Waals surface area contributed by atoms with Crippen LogP contribution in [0.1, 0.15) is 40.2 Å². The molecule has 1 aromatic carbocycles. The Morgan fingerprint density at radius 2 is 1.92 bits per heavy atom. The fourth-order valence-corrected chi connectivity index (χ4v) is 4.97. The Labute approximate surface area is 152 Å². The number of nitrogens with zero attached hydrogens (tertiary/aromatic N) is 3. The summed E-state index contributed by atoms with van der Waals surface area (Å²) in [6, 6.07) is 8.50. The molecule has 4 rings (SSSR count). The van der Waals surface area contributed by atoms with Crippen LogP contribution in [0.3, 0.4) is 0 Å². The van der Waals surface area contributed by atoms with Crippen molar-refractivity contribution in [1.29, 1.82) is 0 Å². The number of thiophene rings is 1. The molecule has 0 atom stereocenters. The van der Waals surface area contributed by atoms with E-state index in [1.165, 1.54) is 40.8 Å². The van der Waals surface area contributed by atoms with Crippen molar-refractivity contribution in [3.8, 4) is 0 Å². The highest BCUT2D eigenvalue weighted by molar-refractivity contribution is 7.19. The van der Waals surface area contributed by atoms with Gasteiger partial charge in [0.05, 0.1) is 11.9 Å². The van der Waals surface area contributed by atoms with Crippen molar-refractivity contribution in [2.24, 2.45) is 0 Å². The van der Waals surface area contributed by atoms with Crippen molar-refractivity contribution in [3.63, 3.8) is 0 Å². The number of hydrogen-bond donors (Lipinski definition) is 1. The number of nitrogens with two attached hydrogens (primary N) is 1. The quantitative estimate of drug-likeness (QED) is 0.768. The molecular formula is C20H24N4S.